The number of fused-ring (bicyclic) bond motifs is 1. The van der Waals surface area contributed by atoms with Crippen molar-refractivity contribution in [1.29, 1.82) is 0 Å². The fourth-order valence-electron chi connectivity index (χ4n) is 3.23. The Kier molecular flexibility index (Phi) is 6.63. The number of para-hydroxylation sites is 2. The van der Waals surface area contributed by atoms with Crippen LogP contribution in [0.3, 0.4) is 0 Å². The fraction of sp³-hybridized carbons (Fsp3) is 0.0800. The highest BCUT2D eigenvalue weighted by Gasteiger charge is 2.11. The van der Waals surface area contributed by atoms with E-state index in [4.69, 9.17) is 9.52 Å². The molecular formula is C25H18F2N2O5. The summed E-state index contributed by atoms with van der Waals surface area (Å²) in [5, 5.41) is 11.4. The molecule has 0 atom stereocenters. The summed E-state index contributed by atoms with van der Waals surface area (Å²) in [7, 11) is 0. The van der Waals surface area contributed by atoms with Crippen molar-refractivity contribution < 1.29 is 32.6 Å². The number of carboxylic acids is 1. The van der Waals surface area contributed by atoms with Crippen molar-refractivity contribution in [3.63, 3.8) is 0 Å². The first-order valence-corrected chi connectivity index (χ1v) is 10.1. The molecular weight excluding hydrogens is 446 g/mol. The Morgan fingerprint density at radius 1 is 1.09 bits per heavy atom. The fourth-order valence-corrected chi connectivity index (χ4v) is 3.23. The van der Waals surface area contributed by atoms with Gasteiger partial charge >= 0.3 is 12.6 Å². The number of aromatic nitrogens is 1. The van der Waals surface area contributed by atoms with E-state index < -0.39 is 18.5 Å². The Hall–Kier alpha value is -4.53. The zero-order valence-electron chi connectivity index (χ0n) is 17.6. The number of amides is 1. The van der Waals surface area contributed by atoms with Crippen molar-refractivity contribution in [2.75, 3.05) is 5.32 Å². The molecule has 0 spiro atoms. The summed E-state index contributed by atoms with van der Waals surface area (Å²) in [4.78, 5) is 27.5. The van der Waals surface area contributed by atoms with Crippen LogP contribution in [0, 0.1) is 0 Å². The van der Waals surface area contributed by atoms with Crippen molar-refractivity contribution in [2.24, 2.45) is 0 Å². The van der Waals surface area contributed by atoms with Gasteiger partial charge in [0.05, 0.1) is 12.1 Å². The number of halogens is 2. The van der Waals surface area contributed by atoms with Gasteiger partial charge in [0.1, 0.15) is 11.3 Å². The van der Waals surface area contributed by atoms with Crippen LogP contribution >= 0.6 is 0 Å². The first kappa shape index (κ1) is 22.7. The molecule has 0 saturated heterocycles. The lowest BCUT2D eigenvalue weighted by Gasteiger charge is -2.10. The van der Waals surface area contributed by atoms with E-state index in [9.17, 15) is 18.4 Å². The number of nitrogens with zero attached hydrogens (tertiary/aromatic N) is 1. The number of anilines is 1. The maximum atomic E-state index is 12.5. The average molecular weight is 464 g/mol. The third-order valence-corrected chi connectivity index (χ3v) is 4.75. The lowest BCUT2D eigenvalue weighted by atomic mass is 10.1. The van der Waals surface area contributed by atoms with Gasteiger partial charge in [0.15, 0.2) is 5.58 Å². The molecule has 0 unspecified atom stereocenters. The van der Waals surface area contributed by atoms with Crippen molar-refractivity contribution in [3.05, 3.63) is 83.9 Å². The molecule has 9 heteroatoms. The lowest BCUT2D eigenvalue weighted by molar-refractivity contribution is -0.136. The quantitative estimate of drug-likeness (QED) is 0.340. The second-order valence-corrected chi connectivity index (χ2v) is 7.21. The number of aliphatic carboxylic acids is 1. The maximum Gasteiger partial charge on any atom is 0.387 e. The molecule has 0 aliphatic heterocycles. The van der Waals surface area contributed by atoms with Crippen LogP contribution in [0.25, 0.3) is 28.6 Å². The summed E-state index contributed by atoms with van der Waals surface area (Å²) in [5.41, 5.74) is 3.29. The third-order valence-electron chi connectivity index (χ3n) is 4.75. The minimum absolute atomic E-state index is 0.0996. The lowest BCUT2D eigenvalue weighted by Crippen LogP contribution is -2.11. The van der Waals surface area contributed by atoms with Crippen LogP contribution in [0.15, 0.2) is 77.2 Å². The van der Waals surface area contributed by atoms with Crippen molar-refractivity contribution in [3.8, 4) is 17.2 Å². The summed E-state index contributed by atoms with van der Waals surface area (Å²) in [6, 6.07) is 18.0. The normalized spacial score (nSPS) is 11.3. The molecule has 1 aromatic heterocycles. The zero-order valence-corrected chi connectivity index (χ0v) is 17.6. The van der Waals surface area contributed by atoms with Gasteiger partial charge in [-0.15, -0.1) is 0 Å². The number of carbonyl (C=O) groups is 2. The number of oxazole rings is 1. The summed E-state index contributed by atoms with van der Waals surface area (Å²) in [6.45, 7) is -3.00. The second kappa shape index (κ2) is 9.95. The van der Waals surface area contributed by atoms with Gasteiger partial charge in [-0.25, -0.2) is 4.98 Å². The number of hydrogen-bond donors (Lipinski definition) is 2. The van der Waals surface area contributed by atoms with Crippen molar-refractivity contribution >= 4 is 34.7 Å². The Balaban J connectivity index is 1.44. The topological polar surface area (TPSA) is 102 Å². The predicted octanol–water partition coefficient (Wildman–Crippen LogP) is 5.38. The highest BCUT2D eigenvalue weighted by molar-refractivity contribution is 6.02. The molecule has 0 saturated carbocycles. The zero-order chi connectivity index (χ0) is 24.1. The van der Waals surface area contributed by atoms with E-state index in [2.05, 4.69) is 15.0 Å². The third kappa shape index (κ3) is 5.63. The number of benzene rings is 3. The van der Waals surface area contributed by atoms with Crippen LogP contribution in [0.2, 0.25) is 0 Å². The molecule has 2 N–H and O–H groups in total. The molecule has 0 bridgehead atoms. The Labute approximate surface area is 192 Å². The summed E-state index contributed by atoms with van der Waals surface area (Å²) in [5.74, 6) is -1.18. The van der Waals surface area contributed by atoms with Crippen LogP contribution in [0.5, 0.6) is 5.75 Å². The van der Waals surface area contributed by atoms with E-state index in [0.29, 0.717) is 28.1 Å². The molecule has 4 rings (SSSR count). The van der Waals surface area contributed by atoms with Gasteiger partial charge in [0.25, 0.3) is 0 Å². The van der Waals surface area contributed by atoms with Gasteiger partial charge in [0.2, 0.25) is 11.8 Å². The monoisotopic (exact) mass is 464 g/mol. The number of carbonyl (C=O) groups excluding carboxylic acids is 1. The number of nitrogens with one attached hydrogen (secondary N) is 1. The highest BCUT2D eigenvalue weighted by atomic mass is 19.3. The van der Waals surface area contributed by atoms with Crippen LogP contribution in [0.4, 0.5) is 14.5 Å². The molecule has 0 radical (unpaired) electrons. The van der Waals surface area contributed by atoms with E-state index in [0.717, 1.165) is 5.56 Å². The second-order valence-electron chi connectivity index (χ2n) is 7.21. The van der Waals surface area contributed by atoms with E-state index in [1.165, 1.54) is 24.3 Å². The number of carboxylic acid groups (broad SMARTS) is 1. The minimum atomic E-state index is -3.00. The van der Waals surface area contributed by atoms with Crippen LogP contribution in [0.1, 0.15) is 11.1 Å². The van der Waals surface area contributed by atoms with E-state index in [1.807, 2.05) is 0 Å². The SMILES string of the molecule is O=C(O)Cc1ccc2oc(-c3ccc(/C=C/C(=O)Nc4ccccc4OC(F)F)cc3)nc2c1. The molecule has 3 aromatic carbocycles. The first-order valence-electron chi connectivity index (χ1n) is 10.1. The first-order chi connectivity index (χ1) is 16.4. The predicted molar refractivity (Wildman–Crippen MR) is 122 cm³/mol. The summed E-state index contributed by atoms with van der Waals surface area (Å²) < 4.78 is 35.2. The van der Waals surface area contributed by atoms with Gasteiger partial charge in [-0.1, -0.05) is 30.3 Å². The average Bonchev–Trinajstić information content (AvgIpc) is 3.22. The van der Waals surface area contributed by atoms with E-state index >= 15 is 0 Å². The largest absolute Gasteiger partial charge is 0.481 e. The summed E-state index contributed by atoms with van der Waals surface area (Å²) in [6.07, 6.45) is 2.75. The van der Waals surface area contributed by atoms with Gasteiger partial charge in [0, 0.05) is 11.6 Å². The van der Waals surface area contributed by atoms with Gasteiger partial charge < -0.3 is 19.6 Å². The number of alkyl halides is 2. The molecule has 1 amide bonds. The highest BCUT2D eigenvalue weighted by Crippen LogP contribution is 2.27. The van der Waals surface area contributed by atoms with Gasteiger partial charge in [-0.2, -0.15) is 8.78 Å². The van der Waals surface area contributed by atoms with Crippen LogP contribution in [-0.4, -0.2) is 28.6 Å². The van der Waals surface area contributed by atoms with Gasteiger partial charge in [-0.05, 0) is 53.6 Å². The Morgan fingerprint density at radius 2 is 1.85 bits per heavy atom. The molecule has 0 aliphatic rings. The molecule has 172 valence electrons. The number of ether oxygens (including phenoxy) is 1. The smallest absolute Gasteiger partial charge is 0.387 e. The standard InChI is InChI=1S/C25H18F2N2O5/c26-25(27)34-20-4-2-1-3-18(20)28-22(30)12-8-15-5-9-17(10-6-15)24-29-19-13-16(14-23(31)32)7-11-21(19)33-24/h1-13,25H,14H2,(H,28,30)(H,31,32)/b12-8+. The summed E-state index contributed by atoms with van der Waals surface area (Å²) >= 11 is 0. The Bertz CT molecular complexity index is 1360. The van der Waals surface area contributed by atoms with Crippen molar-refractivity contribution in [1.82, 2.24) is 4.98 Å². The van der Waals surface area contributed by atoms with Crippen molar-refractivity contribution in [2.45, 2.75) is 13.0 Å². The number of rotatable bonds is 8. The molecule has 34 heavy (non-hydrogen) atoms. The molecule has 4 aromatic rings. The van der Waals surface area contributed by atoms with Crippen LogP contribution < -0.4 is 10.1 Å². The minimum Gasteiger partial charge on any atom is -0.481 e. The van der Waals surface area contributed by atoms with Crippen LogP contribution in [-0.2, 0) is 16.0 Å². The molecule has 7 nitrogen and oxygen atoms in total. The Morgan fingerprint density at radius 3 is 2.59 bits per heavy atom. The van der Waals surface area contributed by atoms with Gasteiger partial charge in [-0.3, -0.25) is 9.59 Å². The van der Waals surface area contributed by atoms with E-state index in [1.54, 1.807) is 54.6 Å². The van der Waals surface area contributed by atoms with E-state index in [-0.39, 0.29) is 17.9 Å². The maximum absolute atomic E-state index is 12.5. The molecule has 1 heterocycles. The molecule has 0 fully saturated rings. The molecule has 0 aliphatic carbocycles. The number of hydrogen-bond acceptors (Lipinski definition) is 5.